The third-order valence-electron chi connectivity index (χ3n) is 4.34. The van der Waals surface area contributed by atoms with Gasteiger partial charge < -0.3 is 10.6 Å². The second-order valence-electron chi connectivity index (χ2n) is 6.27. The minimum absolute atomic E-state index is 0.144. The van der Waals surface area contributed by atoms with Gasteiger partial charge in [-0.05, 0) is 34.9 Å². The van der Waals surface area contributed by atoms with E-state index in [-0.39, 0.29) is 11.5 Å². The van der Waals surface area contributed by atoms with Crippen LogP contribution in [0.5, 0.6) is 0 Å². The summed E-state index contributed by atoms with van der Waals surface area (Å²) in [6.07, 6.45) is 0. The maximum absolute atomic E-state index is 6.22. The first-order valence-electron chi connectivity index (χ1n) is 7.33. The van der Waals surface area contributed by atoms with Gasteiger partial charge in [0.15, 0.2) is 0 Å². The molecule has 2 aromatic carbocycles. The molecule has 0 bridgehead atoms. The van der Waals surface area contributed by atoms with Gasteiger partial charge in [-0.1, -0.05) is 49.7 Å². The minimum Gasteiger partial charge on any atom is -0.388 e. The lowest BCUT2D eigenvalue weighted by Gasteiger charge is -2.38. The van der Waals surface area contributed by atoms with Crippen molar-refractivity contribution in [3.05, 3.63) is 64.2 Å². The summed E-state index contributed by atoms with van der Waals surface area (Å²) >= 11 is 6.22. The van der Waals surface area contributed by atoms with Crippen molar-refractivity contribution >= 4 is 17.3 Å². The van der Waals surface area contributed by atoms with Crippen molar-refractivity contribution in [3.8, 4) is 0 Å². The summed E-state index contributed by atoms with van der Waals surface area (Å²) < 4.78 is 0. The zero-order valence-corrected chi connectivity index (χ0v) is 13.5. The van der Waals surface area contributed by atoms with Crippen LogP contribution >= 0.6 is 11.6 Å². The van der Waals surface area contributed by atoms with Crippen molar-refractivity contribution in [1.29, 1.82) is 0 Å². The number of hydrogen-bond acceptors (Lipinski definition) is 2. The van der Waals surface area contributed by atoms with E-state index in [1.165, 1.54) is 16.7 Å². The number of hydrogen-bond donors (Lipinski definition) is 2. The van der Waals surface area contributed by atoms with Crippen LogP contribution in [0.4, 0.5) is 5.69 Å². The van der Waals surface area contributed by atoms with Gasteiger partial charge >= 0.3 is 0 Å². The molecule has 0 fully saturated rings. The fourth-order valence-corrected chi connectivity index (χ4v) is 3.39. The molecule has 0 saturated heterocycles. The number of rotatable bonds is 2. The van der Waals surface area contributed by atoms with Gasteiger partial charge in [-0.3, -0.25) is 0 Å². The van der Waals surface area contributed by atoms with Crippen LogP contribution in [-0.2, 0) is 5.41 Å². The zero-order valence-electron chi connectivity index (χ0n) is 12.7. The molecule has 2 aromatic rings. The van der Waals surface area contributed by atoms with Crippen molar-refractivity contribution in [2.24, 2.45) is 0 Å². The molecule has 1 heterocycles. The maximum atomic E-state index is 6.22. The lowest BCUT2D eigenvalue weighted by Crippen LogP contribution is -2.42. The van der Waals surface area contributed by atoms with Crippen LogP contribution in [0.2, 0.25) is 5.02 Å². The van der Waals surface area contributed by atoms with Gasteiger partial charge in [-0.2, -0.15) is 0 Å². The van der Waals surface area contributed by atoms with Crippen molar-refractivity contribution in [2.75, 3.05) is 18.9 Å². The first kappa shape index (κ1) is 14.4. The molecule has 3 heteroatoms. The van der Waals surface area contributed by atoms with Gasteiger partial charge in [0.1, 0.15) is 0 Å². The molecule has 0 saturated carbocycles. The molecule has 2 nitrogen and oxygen atoms in total. The highest BCUT2D eigenvalue weighted by Crippen LogP contribution is 2.39. The third kappa shape index (κ3) is 2.54. The number of nitrogens with one attached hydrogen (secondary N) is 2. The molecule has 21 heavy (non-hydrogen) atoms. The molecule has 1 aliphatic rings. The summed E-state index contributed by atoms with van der Waals surface area (Å²) in [5, 5.41) is 7.73. The fraction of sp³-hybridized carbons (Fsp3) is 0.333. The maximum Gasteiger partial charge on any atom is 0.0600 e. The van der Waals surface area contributed by atoms with Crippen molar-refractivity contribution in [1.82, 2.24) is 5.32 Å². The quantitative estimate of drug-likeness (QED) is 0.861. The summed E-state index contributed by atoms with van der Waals surface area (Å²) in [5.74, 6) is 0. The van der Waals surface area contributed by atoms with Crippen LogP contribution in [0.1, 0.15) is 36.6 Å². The number of fused-ring (bicyclic) bond motifs is 1. The summed E-state index contributed by atoms with van der Waals surface area (Å²) in [6.45, 7) is 5.52. The molecule has 0 spiro atoms. The van der Waals surface area contributed by atoms with E-state index in [0.717, 1.165) is 17.3 Å². The largest absolute Gasteiger partial charge is 0.388 e. The van der Waals surface area contributed by atoms with Crippen molar-refractivity contribution < 1.29 is 0 Å². The Hall–Kier alpha value is -1.51. The Morgan fingerprint density at radius 2 is 1.90 bits per heavy atom. The van der Waals surface area contributed by atoms with E-state index in [4.69, 9.17) is 11.6 Å². The summed E-state index contributed by atoms with van der Waals surface area (Å²) in [5.41, 5.74) is 5.22. The Morgan fingerprint density at radius 3 is 2.67 bits per heavy atom. The van der Waals surface area contributed by atoms with E-state index in [2.05, 4.69) is 54.8 Å². The third-order valence-corrected chi connectivity index (χ3v) is 4.58. The monoisotopic (exact) mass is 300 g/mol. The van der Waals surface area contributed by atoms with Gasteiger partial charge in [-0.25, -0.2) is 0 Å². The number of benzene rings is 2. The highest BCUT2D eigenvalue weighted by atomic mass is 35.5. The summed E-state index contributed by atoms with van der Waals surface area (Å²) in [4.78, 5) is 0. The average Bonchev–Trinajstić information content (AvgIpc) is 2.47. The predicted molar refractivity (Wildman–Crippen MR) is 90.3 cm³/mol. The molecule has 1 aliphatic heterocycles. The molecular weight excluding hydrogens is 280 g/mol. The van der Waals surface area contributed by atoms with Crippen LogP contribution in [-0.4, -0.2) is 13.6 Å². The Morgan fingerprint density at radius 1 is 1.14 bits per heavy atom. The highest BCUT2D eigenvalue weighted by Gasteiger charge is 2.33. The topological polar surface area (TPSA) is 24.1 Å². The standard InChI is InChI=1S/C18H21ClN2/c1-18(2)11-21-17(13-6-4-5-7-15(13)18)14-10-12(19)8-9-16(14)20-3/h4-10,17,20-21H,11H2,1-3H3. The van der Waals surface area contributed by atoms with Crippen LogP contribution in [0.3, 0.4) is 0 Å². The lowest BCUT2D eigenvalue weighted by atomic mass is 9.75. The van der Waals surface area contributed by atoms with Crippen molar-refractivity contribution in [3.63, 3.8) is 0 Å². The Balaban J connectivity index is 2.15. The smallest absolute Gasteiger partial charge is 0.0600 e. The number of halogens is 1. The van der Waals surface area contributed by atoms with Crippen LogP contribution < -0.4 is 10.6 Å². The molecule has 0 amide bonds. The van der Waals surface area contributed by atoms with Gasteiger partial charge in [0, 0.05) is 29.7 Å². The Labute approximate surface area is 131 Å². The van der Waals surface area contributed by atoms with Crippen LogP contribution in [0.25, 0.3) is 0 Å². The van der Waals surface area contributed by atoms with E-state index in [1.54, 1.807) is 0 Å². The Kier molecular flexibility index (Phi) is 3.68. The SMILES string of the molecule is CNc1ccc(Cl)cc1C1NCC(C)(C)c2ccccc21. The fourth-order valence-electron chi connectivity index (χ4n) is 3.21. The van der Waals surface area contributed by atoms with Gasteiger partial charge in [0.2, 0.25) is 0 Å². The van der Waals surface area contributed by atoms with E-state index < -0.39 is 0 Å². The van der Waals surface area contributed by atoms with Crippen molar-refractivity contribution in [2.45, 2.75) is 25.3 Å². The van der Waals surface area contributed by atoms with Gasteiger partial charge in [0.25, 0.3) is 0 Å². The molecule has 0 aromatic heterocycles. The van der Waals surface area contributed by atoms with E-state index >= 15 is 0 Å². The molecule has 2 N–H and O–H groups in total. The molecule has 1 atom stereocenters. The molecule has 0 radical (unpaired) electrons. The molecule has 110 valence electrons. The molecule has 3 rings (SSSR count). The van der Waals surface area contributed by atoms with E-state index in [1.807, 2.05) is 19.2 Å². The van der Waals surface area contributed by atoms with Crippen LogP contribution in [0, 0.1) is 0 Å². The summed E-state index contributed by atoms with van der Waals surface area (Å²) in [7, 11) is 1.95. The molecule has 0 aliphatic carbocycles. The first-order chi connectivity index (χ1) is 10.0. The lowest BCUT2D eigenvalue weighted by molar-refractivity contribution is 0.407. The second-order valence-corrected chi connectivity index (χ2v) is 6.70. The second kappa shape index (κ2) is 5.36. The first-order valence-corrected chi connectivity index (χ1v) is 7.71. The normalized spacial score (nSPS) is 19.9. The van der Waals surface area contributed by atoms with Gasteiger partial charge in [0.05, 0.1) is 6.04 Å². The molecule has 1 unspecified atom stereocenters. The highest BCUT2D eigenvalue weighted by molar-refractivity contribution is 6.30. The van der Waals surface area contributed by atoms with E-state index in [9.17, 15) is 0 Å². The van der Waals surface area contributed by atoms with E-state index in [0.29, 0.717) is 0 Å². The Bertz CT molecular complexity index is 664. The van der Waals surface area contributed by atoms with Gasteiger partial charge in [-0.15, -0.1) is 0 Å². The zero-order chi connectivity index (χ0) is 15.0. The predicted octanol–water partition coefficient (Wildman–Crippen LogP) is 4.35. The minimum atomic E-state index is 0.144. The average molecular weight is 301 g/mol. The summed E-state index contributed by atoms with van der Waals surface area (Å²) in [6, 6.07) is 14.9. The van der Waals surface area contributed by atoms with Crippen LogP contribution in [0.15, 0.2) is 42.5 Å². The number of anilines is 1. The molecular formula is C18H21ClN2.